The summed E-state index contributed by atoms with van der Waals surface area (Å²) < 4.78 is 26.4. The van der Waals surface area contributed by atoms with Crippen molar-refractivity contribution in [3.63, 3.8) is 0 Å². The third-order valence-corrected chi connectivity index (χ3v) is 8.80. The molecule has 2 aliphatic heterocycles. The molecule has 0 saturated carbocycles. The molecule has 0 aliphatic carbocycles. The summed E-state index contributed by atoms with van der Waals surface area (Å²) in [6.07, 6.45) is 1.96. The molecule has 0 radical (unpaired) electrons. The average Bonchev–Trinajstić information content (AvgIpc) is 3.19. The number of rotatable bonds is 15. The average molecular weight is 557 g/mol. The zero-order valence-electron chi connectivity index (χ0n) is 23.8. The standard InChI is InChI=1S/C26H45N4O7P/c1-8-11-21-24(37-38(35-15-10-13-27)30(17(3)4)18(5)6)19(9-2)23(36-21)20-16-29(14-12-22(31)34-7)26(33)28-25(20)32/h16-19,21,23-25,32H,8-12,14-15H2,1-7H3,(H,28,33). The van der Waals surface area contributed by atoms with Crippen molar-refractivity contribution in [1.82, 2.24) is 14.9 Å². The number of nitrogens with one attached hydrogen (secondary N) is 1. The molecule has 1 saturated heterocycles. The zero-order valence-corrected chi connectivity index (χ0v) is 24.6. The Kier molecular flexibility index (Phi) is 13.4. The summed E-state index contributed by atoms with van der Waals surface area (Å²) in [4.78, 5) is 25.5. The molecule has 216 valence electrons. The smallest absolute Gasteiger partial charge is 0.323 e. The van der Waals surface area contributed by atoms with Crippen molar-refractivity contribution in [1.29, 1.82) is 5.26 Å². The largest absolute Gasteiger partial charge is 0.469 e. The number of carbonyl (C=O) groups is 2. The van der Waals surface area contributed by atoms with Crippen molar-refractivity contribution in [2.75, 3.05) is 20.3 Å². The molecule has 2 aliphatic rings. The number of methoxy groups -OCH3 is 1. The first-order valence-corrected chi connectivity index (χ1v) is 14.7. The number of urea groups is 1. The molecule has 0 aromatic heterocycles. The quantitative estimate of drug-likeness (QED) is 0.174. The van der Waals surface area contributed by atoms with Gasteiger partial charge >= 0.3 is 12.0 Å². The molecule has 2 N–H and O–H groups in total. The van der Waals surface area contributed by atoms with Crippen LogP contribution >= 0.6 is 8.53 Å². The number of aliphatic hydroxyl groups excluding tert-OH is 1. The Morgan fingerprint density at radius 2 is 2.00 bits per heavy atom. The van der Waals surface area contributed by atoms with Crippen LogP contribution in [0.15, 0.2) is 11.8 Å². The second-order valence-corrected chi connectivity index (χ2v) is 11.5. The van der Waals surface area contributed by atoms with E-state index in [1.165, 1.54) is 12.0 Å². The predicted molar refractivity (Wildman–Crippen MR) is 143 cm³/mol. The van der Waals surface area contributed by atoms with Crippen LogP contribution in [-0.4, -0.2) is 83.6 Å². The lowest BCUT2D eigenvalue weighted by atomic mass is 9.88. The van der Waals surface area contributed by atoms with E-state index in [-0.39, 0.29) is 56.2 Å². The van der Waals surface area contributed by atoms with Crippen LogP contribution in [0.3, 0.4) is 0 Å². The van der Waals surface area contributed by atoms with Crippen LogP contribution in [-0.2, 0) is 23.3 Å². The highest BCUT2D eigenvalue weighted by Gasteiger charge is 2.49. The number of hydrogen-bond acceptors (Lipinski definition) is 9. The van der Waals surface area contributed by atoms with E-state index in [1.54, 1.807) is 6.20 Å². The highest BCUT2D eigenvalue weighted by molar-refractivity contribution is 7.44. The Labute approximate surface area is 228 Å². The minimum absolute atomic E-state index is 0.0291. The fraction of sp³-hybridized carbons (Fsp3) is 0.808. The number of esters is 1. The molecule has 6 unspecified atom stereocenters. The van der Waals surface area contributed by atoms with Gasteiger partial charge in [-0.1, -0.05) is 20.3 Å². The number of aliphatic hydroxyl groups is 1. The topological polar surface area (TPSA) is 134 Å². The summed E-state index contributed by atoms with van der Waals surface area (Å²) in [5, 5.41) is 22.4. The third kappa shape index (κ3) is 8.35. The van der Waals surface area contributed by atoms with E-state index < -0.39 is 32.9 Å². The molecule has 38 heavy (non-hydrogen) atoms. The minimum atomic E-state index is -1.49. The van der Waals surface area contributed by atoms with Crippen molar-refractivity contribution >= 4 is 20.5 Å². The first-order valence-electron chi connectivity index (χ1n) is 13.5. The number of hydrogen-bond donors (Lipinski definition) is 2. The zero-order chi connectivity index (χ0) is 28.4. The Bertz CT molecular complexity index is 842. The van der Waals surface area contributed by atoms with Crippen LogP contribution in [0.5, 0.6) is 0 Å². The normalized spacial score (nSPS) is 26.5. The second kappa shape index (κ2) is 15.7. The van der Waals surface area contributed by atoms with Gasteiger partial charge in [0.2, 0.25) is 0 Å². The summed E-state index contributed by atoms with van der Waals surface area (Å²) in [7, 11) is -0.185. The number of nitriles is 1. The van der Waals surface area contributed by atoms with Crippen LogP contribution in [0.25, 0.3) is 0 Å². The Balaban J connectivity index is 2.37. The lowest BCUT2D eigenvalue weighted by Gasteiger charge is -2.38. The van der Waals surface area contributed by atoms with E-state index in [4.69, 9.17) is 23.8 Å². The van der Waals surface area contributed by atoms with Gasteiger partial charge in [-0.3, -0.25) is 4.79 Å². The molecule has 1 fully saturated rings. The molecular formula is C26H45N4O7P. The predicted octanol–water partition coefficient (Wildman–Crippen LogP) is 4.03. The lowest BCUT2D eigenvalue weighted by Crippen LogP contribution is -2.51. The number of ether oxygens (including phenoxy) is 2. The van der Waals surface area contributed by atoms with Gasteiger partial charge in [0, 0.05) is 36.3 Å². The van der Waals surface area contributed by atoms with Crippen molar-refractivity contribution in [2.24, 2.45) is 5.92 Å². The van der Waals surface area contributed by atoms with Gasteiger partial charge in [0.05, 0.1) is 50.9 Å². The van der Waals surface area contributed by atoms with Gasteiger partial charge in [-0.05, 0) is 40.5 Å². The number of carbonyl (C=O) groups excluding carboxylic acids is 2. The van der Waals surface area contributed by atoms with Crippen LogP contribution in [0.1, 0.15) is 73.6 Å². The molecule has 2 rings (SSSR count). The highest BCUT2D eigenvalue weighted by atomic mass is 31.2. The molecule has 0 aromatic carbocycles. The molecule has 0 bridgehead atoms. The number of nitrogens with zero attached hydrogens (tertiary/aromatic N) is 3. The Morgan fingerprint density at radius 3 is 2.55 bits per heavy atom. The van der Waals surface area contributed by atoms with Gasteiger partial charge in [-0.2, -0.15) is 5.26 Å². The van der Waals surface area contributed by atoms with Crippen LogP contribution < -0.4 is 5.32 Å². The molecule has 12 heteroatoms. The van der Waals surface area contributed by atoms with Gasteiger partial charge in [0.1, 0.15) is 0 Å². The van der Waals surface area contributed by atoms with Crippen molar-refractivity contribution in [3.05, 3.63) is 11.8 Å². The summed E-state index contributed by atoms with van der Waals surface area (Å²) in [6.45, 7) is 12.9. The summed E-state index contributed by atoms with van der Waals surface area (Å²) >= 11 is 0. The van der Waals surface area contributed by atoms with E-state index in [1.807, 2.05) is 0 Å². The van der Waals surface area contributed by atoms with Gasteiger partial charge in [-0.15, -0.1) is 0 Å². The molecule has 2 heterocycles. The summed E-state index contributed by atoms with van der Waals surface area (Å²) in [5.74, 6) is -0.542. The van der Waals surface area contributed by atoms with Crippen molar-refractivity contribution < 1.29 is 33.2 Å². The van der Waals surface area contributed by atoms with E-state index in [9.17, 15) is 14.7 Å². The van der Waals surface area contributed by atoms with Crippen LogP contribution in [0, 0.1) is 17.2 Å². The summed E-state index contributed by atoms with van der Waals surface area (Å²) in [6, 6.07) is 1.96. The van der Waals surface area contributed by atoms with Crippen molar-refractivity contribution in [2.45, 2.75) is 110 Å². The van der Waals surface area contributed by atoms with E-state index in [0.29, 0.717) is 12.0 Å². The fourth-order valence-electron chi connectivity index (χ4n) is 4.95. The first-order chi connectivity index (χ1) is 18.1. The molecule has 0 spiro atoms. The monoisotopic (exact) mass is 556 g/mol. The third-order valence-electron chi connectivity index (χ3n) is 6.67. The van der Waals surface area contributed by atoms with E-state index >= 15 is 0 Å². The van der Waals surface area contributed by atoms with Gasteiger partial charge < -0.3 is 33.8 Å². The maximum atomic E-state index is 12.5. The first kappa shape index (κ1) is 32.4. The lowest BCUT2D eigenvalue weighted by molar-refractivity contribution is -0.140. The van der Waals surface area contributed by atoms with Gasteiger partial charge in [-0.25, -0.2) is 9.46 Å². The molecule has 2 amide bonds. The maximum absolute atomic E-state index is 12.5. The molecular weight excluding hydrogens is 511 g/mol. The van der Waals surface area contributed by atoms with Gasteiger partial charge in [0.15, 0.2) is 6.23 Å². The fourth-order valence-corrected chi connectivity index (χ4v) is 6.75. The minimum Gasteiger partial charge on any atom is -0.469 e. The Hall–Kier alpha value is -1.80. The summed E-state index contributed by atoms with van der Waals surface area (Å²) in [5.41, 5.74) is 0.521. The molecule has 11 nitrogen and oxygen atoms in total. The Morgan fingerprint density at radius 1 is 1.32 bits per heavy atom. The van der Waals surface area contributed by atoms with E-state index in [2.05, 4.69) is 57.6 Å². The van der Waals surface area contributed by atoms with E-state index in [0.717, 1.165) is 12.8 Å². The highest BCUT2D eigenvalue weighted by Crippen LogP contribution is 2.51. The second-order valence-electron chi connectivity index (χ2n) is 10.1. The van der Waals surface area contributed by atoms with Crippen LogP contribution in [0.2, 0.25) is 0 Å². The van der Waals surface area contributed by atoms with Gasteiger partial charge in [0.25, 0.3) is 8.53 Å². The van der Waals surface area contributed by atoms with Crippen molar-refractivity contribution in [3.8, 4) is 6.07 Å². The van der Waals surface area contributed by atoms with Crippen LogP contribution in [0.4, 0.5) is 4.79 Å². The number of amides is 2. The molecule has 0 aromatic rings. The SMILES string of the molecule is CCCC1OC(C2=CN(CCC(=O)OC)C(=O)NC2O)C(CC)C1OP(OCCC#N)N(C(C)C)C(C)C. The molecule has 6 atom stereocenters. The maximum Gasteiger partial charge on any atom is 0.323 e.